The van der Waals surface area contributed by atoms with Gasteiger partial charge in [0, 0.05) is 17.2 Å². The van der Waals surface area contributed by atoms with Crippen LogP contribution in [-0.2, 0) is 5.41 Å². The van der Waals surface area contributed by atoms with Crippen LogP contribution in [0.3, 0.4) is 0 Å². The Hall–Kier alpha value is -3.01. The van der Waals surface area contributed by atoms with Crippen molar-refractivity contribution >= 4 is 11.9 Å². The van der Waals surface area contributed by atoms with Crippen LogP contribution < -0.4 is 14.2 Å². The third kappa shape index (κ3) is 6.24. The molecule has 0 aliphatic carbocycles. The van der Waals surface area contributed by atoms with Gasteiger partial charge in [0.1, 0.15) is 23.9 Å². The lowest BCUT2D eigenvalue weighted by atomic mass is 9.82. The standard InChI is InChI=1S/C26H32O4/c1-7-16-30-21-13-10-19(11-14-21)23(27)15-12-20-17-22(28-8-2)18-24(29-9-3)25(20)26(4,5)6/h7,10-15,17-18H,1,8-9,16H2,2-6H3/b15-12+. The lowest BCUT2D eigenvalue weighted by Crippen LogP contribution is -2.16. The predicted molar refractivity (Wildman–Crippen MR) is 123 cm³/mol. The largest absolute Gasteiger partial charge is 0.494 e. The van der Waals surface area contributed by atoms with E-state index in [2.05, 4.69) is 27.4 Å². The van der Waals surface area contributed by atoms with Gasteiger partial charge in [-0.05, 0) is 61.2 Å². The molecule has 0 heterocycles. The molecule has 2 rings (SSSR count). The Morgan fingerprint density at radius 1 is 0.967 bits per heavy atom. The van der Waals surface area contributed by atoms with E-state index < -0.39 is 0 Å². The van der Waals surface area contributed by atoms with Gasteiger partial charge in [-0.25, -0.2) is 0 Å². The molecule has 0 bridgehead atoms. The van der Waals surface area contributed by atoms with Crippen molar-refractivity contribution in [2.75, 3.05) is 19.8 Å². The van der Waals surface area contributed by atoms with Crippen LogP contribution >= 0.6 is 0 Å². The maximum Gasteiger partial charge on any atom is 0.185 e. The summed E-state index contributed by atoms with van der Waals surface area (Å²) in [7, 11) is 0. The molecule has 0 saturated heterocycles. The molecular formula is C26H32O4. The molecule has 2 aromatic carbocycles. The quantitative estimate of drug-likeness (QED) is 0.265. The van der Waals surface area contributed by atoms with Gasteiger partial charge in [-0.1, -0.05) is 39.5 Å². The molecule has 0 aliphatic heterocycles. The smallest absolute Gasteiger partial charge is 0.185 e. The topological polar surface area (TPSA) is 44.8 Å². The molecule has 0 aliphatic rings. The number of allylic oxidation sites excluding steroid dienone is 1. The van der Waals surface area contributed by atoms with E-state index in [1.165, 1.54) is 0 Å². The Balaban J connectivity index is 2.37. The van der Waals surface area contributed by atoms with Crippen molar-refractivity contribution in [3.05, 3.63) is 71.8 Å². The number of hydrogen-bond acceptors (Lipinski definition) is 4. The number of carbonyl (C=O) groups is 1. The second kappa shape index (κ2) is 10.7. The highest BCUT2D eigenvalue weighted by atomic mass is 16.5. The first-order valence-electron chi connectivity index (χ1n) is 10.3. The van der Waals surface area contributed by atoms with Gasteiger partial charge in [0.2, 0.25) is 0 Å². The minimum absolute atomic E-state index is 0.0788. The van der Waals surface area contributed by atoms with Crippen LogP contribution in [0.15, 0.2) is 55.1 Å². The van der Waals surface area contributed by atoms with Crippen molar-refractivity contribution in [2.24, 2.45) is 0 Å². The molecule has 0 unspecified atom stereocenters. The molecule has 0 fully saturated rings. The summed E-state index contributed by atoms with van der Waals surface area (Å²) >= 11 is 0. The van der Waals surface area contributed by atoms with Gasteiger partial charge in [0.05, 0.1) is 13.2 Å². The van der Waals surface area contributed by atoms with Gasteiger partial charge in [-0.15, -0.1) is 0 Å². The van der Waals surface area contributed by atoms with Crippen molar-refractivity contribution in [3.63, 3.8) is 0 Å². The third-order valence-corrected chi connectivity index (χ3v) is 4.39. The second-order valence-electron chi connectivity index (χ2n) is 7.82. The third-order valence-electron chi connectivity index (χ3n) is 4.39. The average molecular weight is 409 g/mol. The monoisotopic (exact) mass is 408 g/mol. The summed E-state index contributed by atoms with van der Waals surface area (Å²) < 4.78 is 17.1. The Morgan fingerprint density at radius 3 is 2.20 bits per heavy atom. The highest BCUT2D eigenvalue weighted by Crippen LogP contribution is 2.38. The van der Waals surface area contributed by atoms with Crippen LogP contribution in [-0.4, -0.2) is 25.6 Å². The second-order valence-corrected chi connectivity index (χ2v) is 7.82. The molecule has 0 N–H and O–H groups in total. The number of hydrogen-bond donors (Lipinski definition) is 0. The molecule has 30 heavy (non-hydrogen) atoms. The minimum atomic E-state index is -0.165. The molecule has 0 atom stereocenters. The highest BCUT2D eigenvalue weighted by Gasteiger charge is 2.23. The SMILES string of the molecule is C=CCOc1ccc(C(=O)/C=C/c2cc(OCC)cc(OCC)c2C(C)(C)C)cc1. The Labute approximate surface area is 180 Å². The summed E-state index contributed by atoms with van der Waals surface area (Å²) in [5.41, 5.74) is 2.39. The zero-order chi connectivity index (χ0) is 22.1. The van der Waals surface area contributed by atoms with Crippen LogP contribution in [0, 0.1) is 0 Å². The first kappa shape index (κ1) is 23.3. The molecule has 4 heteroatoms. The lowest BCUT2D eigenvalue weighted by Gasteiger charge is -2.26. The highest BCUT2D eigenvalue weighted by molar-refractivity contribution is 6.07. The van der Waals surface area contributed by atoms with Gasteiger partial charge in [-0.2, -0.15) is 0 Å². The fourth-order valence-electron chi connectivity index (χ4n) is 3.20. The minimum Gasteiger partial charge on any atom is -0.494 e. The van der Waals surface area contributed by atoms with E-state index in [1.807, 2.05) is 32.1 Å². The van der Waals surface area contributed by atoms with Gasteiger partial charge < -0.3 is 14.2 Å². The summed E-state index contributed by atoms with van der Waals surface area (Å²) in [5.74, 6) is 2.14. The zero-order valence-corrected chi connectivity index (χ0v) is 18.7. The summed E-state index contributed by atoms with van der Waals surface area (Å²) in [4.78, 5) is 12.7. The van der Waals surface area contributed by atoms with E-state index in [0.29, 0.717) is 31.1 Å². The van der Waals surface area contributed by atoms with Gasteiger partial charge >= 0.3 is 0 Å². The zero-order valence-electron chi connectivity index (χ0n) is 18.7. The van der Waals surface area contributed by atoms with Crippen molar-refractivity contribution in [3.8, 4) is 17.2 Å². The molecular weight excluding hydrogens is 376 g/mol. The summed E-state index contributed by atoms with van der Waals surface area (Å²) in [6.45, 7) is 15.5. The summed E-state index contributed by atoms with van der Waals surface area (Å²) in [6.07, 6.45) is 5.12. The lowest BCUT2D eigenvalue weighted by molar-refractivity contribution is 0.104. The molecule has 160 valence electrons. The van der Waals surface area contributed by atoms with Crippen LogP contribution in [0.5, 0.6) is 17.2 Å². The molecule has 0 amide bonds. The Bertz CT molecular complexity index is 886. The molecule has 2 aromatic rings. The maximum atomic E-state index is 12.7. The van der Waals surface area contributed by atoms with Crippen LogP contribution in [0.4, 0.5) is 0 Å². The number of rotatable bonds is 10. The molecule has 0 radical (unpaired) electrons. The van der Waals surface area contributed by atoms with Crippen molar-refractivity contribution in [1.82, 2.24) is 0 Å². The number of carbonyl (C=O) groups excluding carboxylic acids is 1. The molecule has 4 nitrogen and oxygen atoms in total. The summed E-state index contributed by atoms with van der Waals surface area (Å²) in [5, 5.41) is 0. The summed E-state index contributed by atoms with van der Waals surface area (Å²) in [6, 6.07) is 11.0. The maximum absolute atomic E-state index is 12.7. The normalized spacial score (nSPS) is 11.4. The first-order chi connectivity index (χ1) is 14.3. The number of benzene rings is 2. The fraction of sp³-hybridized carbons (Fsp3) is 0.346. The van der Waals surface area contributed by atoms with E-state index in [-0.39, 0.29) is 11.2 Å². The van der Waals surface area contributed by atoms with Gasteiger partial charge in [-0.3, -0.25) is 4.79 Å². The van der Waals surface area contributed by atoms with Gasteiger partial charge in [0.15, 0.2) is 5.78 Å². The predicted octanol–water partition coefficient (Wildman–Crippen LogP) is 6.24. The van der Waals surface area contributed by atoms with Crippen LogP contribution in [0.1, 0.15) is 56.1 Å². The molecule has 0 spiro atoms. The van der Waals surface area contributed by atoms with Crippen molar-refractivity contribution in [2.45, 2.75) is 40.0 Å². The van der Waals surface area contributed by atoms with E-state index in [9.17, 15) is 4.79 Å². The van der Waals surface area contributed by atoms with Crippen molar-refractivity contribution in [1.29, 1.82) is 0 Å². The van der Waals surface area contributed by atoms with Crippen molar-refractivity contribution < 1.29 is 19.0 Å². The number of ketones is 1. The fourth-order valence-corrected chi connectivity index (χ4v) is 3.20. The first-order valence-corrected chi connectivity index (χ1v) is 10.3. The molecule has 0 saturated carbocycles. The Morgan fingerprint density at radius 2 is 1.63 bits per heavy atom. The average Bonchev–Trinajstić information content (AvgIpc) is 2.70. The molecule has 0 aromatic heterocycles. The van der Waals surface area contributed by atoms with E-state index in [4.69, 9.17) is 14.2 Å². The van der Waals surface area contributed by atoms with Crippen LogP contribution in [0.2, 0.25) is 0 Å². The Kier molecular flexibility index (Phi) is 8.28. The van der Waals surface area contributed by atoms with E-state index in [1.54, 1.807) is 36.4 Å². The van der Waals surface area contributed by atoms with E-state index >= 15 is 0 Å². The number of ether oxygens (including phenoxy) is 3. The van der Waals surface area contributed by atoms with E-state index in [0.717, 1.165) is 22.6 Å². The van der Waals surface area contributed by atoms with Crippen LogP contribution in [0.25, 0.3) is 6.08 Å². The van der Waals surface area contributed by atoms with Gasteiger partial charge in [0.25, 0.3) is 0 Å².